The molecule has 0 spiro atoms. The van der Waals surface area contributed by atoms with Gasteiger partial charge in [-0.15, -0.1) is 0 Å². The highest BCUT2D eigenvalue weighted by molar-refractivity contribution is 6.36. The molecule has 3 heterocycles. The van der Waals surface area contributed by atoms with Crippen LogP contribution in [0.1, 0.15) is 37.4 Å². The highest BCUT2D eigenvalue weighted by Gasteiger charge is 2.28. The van der Waals surface area contributed by atoms with Gasteiger partial charge < -0.3 is 21.4 Å². The zero-order chi connectivity index (χ0) is 26.5. The Balaban J connectivity index is 1.56. The molecule has 10 nitrogen and oxygen atoms in total. The van der Waals surface area contributed by atoms with Gasteiger partial charge in [0.05, 0.1) is 11.0 Å². The third kappa shape index (κ3) is 6.51. The van der Waals surface area contributed by atoms with Crippen molar-refractivity contribution in [3.05, 3.63) is 68.4 Å². The van der Waals surface area contributed by atoms with Crippen molar-refractivity contribution in [2.45, 2.75) is 38.3 Å². The van der Waals surface area contributed by atoms with Gasteiger partial charge >= 0.3 is 5.69 Å². The summed E-state index contributed by atoms with van der Waals surface area (Å²) in [5.74, 6) is -0.0144. The summed E-state index contributed by atoms with van der Waals surface area (Å²) in [5.41, 5.74) is 13.9. The first-order valence-corrected chi connectivity index (χ1v) is 12.8. The molecule has 1 aromatic carbocycles. The Morgan fingerprint density at radius 2 is 1.95 bits per heavy atom. The number of hydrogen-bond acceptors (Lipinski definition) is 7. The minimum Gasteiger partial charge on any atom is -0.378 e. The van der Waals surface area contributed by atoms with Gasteiger partial charge in [-0.25, -0.2) is 4.98 Å². The number of aromatic nitrogens is 2. The van der Waals surface area contributed by atoms with Gasteiger partial charge in [-0.2, -0.15) is 0 Å². The van der Waals surface area contributed by atoms with E-state index in [4.69, 9.17) is 34.7 Å². The molecule has 3 aromatic rings. The number of pyridine rings is 1. The van der Waals surface area contributed by atoms with E-state index >= 15 is 0 Å². The molecule has 1 amide bonds. The molecule has 1 aliphatic rings. The van der Waals surface area contributed by atoms with Crippen molar-refractivity contribution in [1.29, 1.82) is 0 Å². The van der Waals surface area contributed by atoms with Crippen molar-refractivity contribution < 1.29 is 9.72 Å². The fourth-order valence-corrected chi connectivity index (χ4v) is 5.24. The van der Waals surface area contributed by atoms with Gasteiger partial charge in [-0.3, -0.25) is 19.8 Å². The molecule has 0 saturated carbocycles. The number of likely N-dealkylation sites (tertiary alicyclic amines) is 1. The first-order valence-electron chi connectivity index (χ1n) is 12.1. The van der Waals surface area contributed by atoms with Gasteiger partial charge in [0.25, 0.3) is 0 Å². The van der Waals surface area contributed by atoms with Crippen molar-refractivity contribution in [1.82, 2.24) is 14.5 Å². The number of aryl methyl sites for hydroxylation is 1. The van der Waals surface area contributed by atoms with E-state index in [0.29, 0.717) is 29.0 Å². The SMILES string of the molecule is NC(=O)CC(c1cc(-c2ccc(Cl)cc2Cl)cn1CCCNc1ccc([N+](=O)[O-])c(N)n1)N1CCCC1. The molecule has 0 radical (unpaired) electrons. The first-order chi connectivity index (χ1) is 17.7. The van der Waals surface area contributed by atoms with Crippen LogP contribution in [0.25, 0.3) is 11.1 Å². The van der Waals surface area contributed by atoms with Crippen LogP contribution < -0.4 is 16.8 Å². The van der Waals surface area contributed by atoms with Crippen LogP contribution in [0.3, 0.4) is 0 Å². The number of nitrogens with one attached hydrogen (secondary N) is 1. The molecular formula is C25H29Cl2N7O3. The maximum atomic E-state index is 12.0. The molecule has 1 fully saturated rings. The quantitative estimate of drug-likeness (QED) is 0.177. The molecular weight excluding hydrogens is 517 g/mol. The average Bonchev–Trinajstić information content (AvgIpc) is 3.51. The number of halogens is 2. The predicted molar refractivity (Wildman–Crippen MR) is 146 cm³/mol. The summed E-state index contributed by atoms with van der Waals surface area (Å²) in [4.78, 5) is 28.8. The lowest BCUT2D eigenvalue weighted by Crippen LogP contribution is -2.31. The third-order valence-corrected chi connectivity index (χ3v) is 7.02. The van der Waals surface area contributed by atoms with Gasteiger partial charge in [0.2, 0.25) is 11.7 Å². The lowest BCUT2D eigenvalue weighted by molar-refractivity contribution is -0.384. The van der Waals surface area contributed by atoms with Gasteiger partial charge in [-0.1, -0.05) is 29.3 Å². The summed E-state index contributed by atoms with van der Waals surface area (Å²) in [6.07, 6.45) is 5.15. The third-order valence-electron chi connectivity index (χ3n) is 6.47. The van der Waals surface area contributed by atoms with Crippen molar-refractivity contribution in [2.75, 3.05) is 30.7 Å². The molecule has 1 saturated heterocycles. The molecule has 4 rings (SSSR count). The number of hydrogen-bond donors (Lipinski definition) is 3. The molecule has 2 aromatic heterocycles. The van der Waals surface area contributed by atoms with Crippen LogP contribution in [0.15, 0.2) is 42.6 Å². The fraction of sp³-hybridized carbons (Fsp3) is 0.360. The van der Waals surface area contributed by atoms with Crippen LogP contribution in [-0.4, -0.2) is 44.9 Å². The number of nitrogen functional groups attached to an aromatic ring is 1. The number of amides is 1. The van der Waals surface area contributed by atoms with Crippen molar-refractivity contribution in [2.24, 2.45) is 5.73 Å². The second-order valence-electron chi connectivity index (χ2n) is 9.04. The van der Waals surface area contributed by atoms with E-state index in [1.54, 1.807) is 12.1 Å². The van der Waals surface area contributed by atoms with Crippen molar-refractivity contribution >= 4 is 46.4 Å². The lowest BCUT2D eigenvalue weighted by Gasteiger charge is -2.28. The van der Waals surface area contributed by atoms with Crippen LogP contribution in [0.5, 0.6) is 0 Å². The number of nitro groups is 1. The summed E-state index contributed by atoms with van der Waals surface area (Å²) in [5, 5.41) is 15.2. The minimum atomic E-state index is -0.562. The maximum absolute atomic E-state index is 12.0. The van der Waals surface area contributed by atoms with E-state index in [1.165, 1.54) is 12.1 Å². The number of nitrogens with two attached hydrogens (primary N) is 2. The average molecular weight is 546 g/mol. The summed E-state index contributed by atoms with van der Waals surface area (Å²) >= 11 is 12.6. The zero-order valence-corrected chi connectivity index (χ0v) is 21.7. The maximum Gasteiger partial charge on any atom is 0.311 e. The number of nitrogens with zero attached hydrogens (tertiary/aromatic N) is 4. The Kier molecular flexibility index (Phi) is 8.52. The van der Waals surface area contributed by atoms with E-state index in [9.17, 15) is 14.9 Å². The minimum absolute atomic E-state index is 0.132. The van der Waals surface area contributed by atoms with Crippen LogP contribution in [0.4, 0.5) is 17.3 Å². The second kappa shape index (κ2) is 11.8. The Morgan fingerprint density at radius 1 is 1.19 bits per heavy atom. The monoisotopic (exact) mass is 545 g/mol. The van der Waals surface area contributed by atoms with E-state index in [0.717, 1.165) is 49.2 Å². The van der Waals surface area contributed by atoms with Crippen LogP contribution in [-0.2, 0) is 11.3 Å². The number of benzene rings is 1. The largest absolute Gasteiger partial charge is 0.378 e. The van der Waals surface area contributed by atoms with Gasteiger partial charge in [0.1, 0.15) is 5.82 Å². The highest BCUT2D eigenvalue weighted by atomic mass is 35.5. The number of carbonyl (C=O) groups excluding carboxylic acids is 1. The Labute approximate surface area is 224 Å². The van der Waals surface area contributed by atoms with Crippen LogP contribution in [0.2, 0.25) is 10.0 Å². The molecule has 1 unspecified atom stereocenters. The second-order valence-corrected chi connectivity index (χ2v) is 9.88. The number of rotatable bonds is 11. The van der Waals surface area contributed by atoms with E-state index in [-0.39, 0.29) is 29.9 Å². The van der Waals surface area contributed by atoms with E-state index in [2.05, 4.69) is 25.8 Å². The molecule has 196 valence electrons. The molecule has 12 heteroatoms. The van der Waals surface area contributed by atoms with Gasteiger partial charge in [-0.05, 0) is 56.6 Å². The normalized spacial score (nSPS) is 14.5. The molecule has 0 aliphatic carbocycles. The van der Waals surface area contributed by atoms with E-state index < -0.39 is 4.92 Å². The Morgan fingerprint density at radius 3 is 2.59 bits per heavy atom. The van der Waals surface area contributed by atoms with Gasteiger partial charge in [0, 0.05) is 58.6 Å². The summed E-state index contributed by atoms with van der Waals surface area (Å²) < 4.78 is 2.14. The smallest absolute Gasteiger partial charge is 0.311 e. The number of carbonyl (C=O) groups is 1. The Bertz CT molecular complexity index is 1290. The summed E-state index contributed by atoms with van der Waals surface area (Å²) in [7, 11) is 0. The molecule has 5 N–H and O–H groups in total. The standard InChI is InChI=1S/C25H29Cl2N7O3/c26-17-4-5-18(19(27)13-17)16-12-21(22(14-23(28)35)32-9-1-2-10-32)33(15-16)11-3-8-30-24-7-6-20(34(36)37)25(29)31-24/h4-7,12-13,15,22H,1-3,8-11,14H2,(H2,28,35)(H3,29,30,31). The Hall–Kier alpha value is -3.34. The molecule has 1 aliphatic heterocycles. The van der Waals surface area contributed by atoms with E-state index in [1.807, 2.05) is 12.3 Å². The fourth-order valence-electron chi connectivity index (χ4n) is 4.72. The van der Waals surface area contributed by atoms with Crippen molar-refractivity contribution in [3.63, 3.8) is 0 Å². The van der Waals surface area contributed by atoms with Crippen LogP contribution in [0, 0.1) is 10.1 Å². The van der Waals surface area contributed by atoms with Crippen molar-refractivity contribution in [3.8, 4) is 11.1 Å². The lowest BCUT2D eigenvalue weighted by atomic mass is 10.0. The summed E-state index contributed by atoms with van der Waals surface area (Å²) in [6.45, 7) is 3.03. The van der Waals surface area contributed by atoms with Crippen LogP contribution >= 0.6 is 23.2 Å². The highest BCUT2D eigenvalue weighted by Crippen LogP contribution is 2.36. The summed E-state index contributed by atoms with van der Waals surface area (Å²) in [6, 6.07) is 10.2. The predicted octanol–water partition coefficient (Wildman–Crippen LogP) is 4.86. The zero-order valence-electron chi connectivity index (χ0n) is 20.2. The number of primary amides is 1. The molecule has 0 bridgehead atoms. The topological polar surface area (TPSA) is 145 Å². The molecule has 37 heavy (non-hydrogen) atoms. The number of anilines is 2. The van der Waals surface area contributed by atoms with Gasteiger partial charge in [0.15, 0.2) is 0 Å². The molecule has 1 atom stereocenters. The first kappa shape index (κ1) is 26.7.